The van der Waals surface area contributed by atoms with Crippen LogP contribution in [0.25, 0.3) is 0 Å². The summed E-state index contributed by atoms with van der Waals surface area (Å²) < 4.78 is 12.7. The number of amides is 1. The SMILES string of the molecule is CC1=NO[C@](C)(CNC(=O)c2ccc(F)cc2)C1. The van der Waals surface area contributed by atoms with Gasteiger partial charge in [0.1, 0.15) is 5.82 Å². The molecule has 1 aliphatic rings. The number of oxime groups is 1. The summed E-state index contributed by atoms with van der Waals surface area (Å²) >= 11 is 0. The van der Waals surface area contributed by atoms with Crippen molar-refractivity contribution in [1.82, 2.24) is 5.32 Å². The van der Waals surface area contributed by atoms with Gasteiger partial charge in [-0.15, -0.1) is 0 Å². The zero-order valence-electron chi connectivity index (χ0n) is 10.4. The highest BCUT2D eigenvalue weighted by Gasteiger charge is 2.32. The molecule has 0 saturated heterocycles. The molecule has 18 heavy (non-hydrogen) atoms. The van der Waals surface area contributed by atoms with Crippen molar-refractivity contribution in [1.29, 1.82) is 0 Å². The summed E-state index contributed by atoms with van der Waals surface area (Å²) in [5.74, 6) is -0.606. The molecule has 0 aliphatic carbocycles. The normalized spacial score (nSPS) is 22.3. The van der Waals surface area contributed by atoms with Gasteiger partial charge < -0.3 is 10.2 Å². The summed E-state index contributed by atoms with van der Waals surface area (Å²) in [6.45, 7) is 4.13. The lowest BCUT2D eigenvalue weighted by Gasteiger charge is -2.21. The summed E-state index contributed by atoms with van der Waals surface area (Å²) in [4.78, 5) is 17.1. The Kier molecular flexibility index (Phi) is 3.32. The molecule has 1 aromatic carbocycles. The molecule has 1 amide bonds. The van der Waals surface area contributed by atoms with Crippen LogP contribution in [-0.2, 0) is 4.84 Å². The zero-order valence-corrected chi connectivity index (χ0v) is 10.4. The number of halogens is 1. The van der Waals surface area contributed by atoms with Crippen LogP contribution >= 0.6 is 0 Å². The Morgan fingerprint density at radius 1 is 1.50 bits per heavy atom. The van der Waals surface area contributed by atoms with Crippen molar-refractivity contribution in [3.05, 3.63) is 35.6 Å². The molecule has 96 valence electrons. The van der Waals surface area contributed by atoms with E-state index in [2.05, 4.69) is 10.5 Å². The third-order valence-electron chi connectivity index (χ3n) is 2.78. The summed E-state index contributed by atoms with van der Waals surface area (Å²) in [5, 5.41) is 6.63. The second-order valence-electron chi connectivity index (χ2n) is 4.73. The van der Waals surface area contributed by atoms with E-state index in [1.807, 2.05) is 13.8 Å². The minimum absolute atomic E-state index is 0.246. The predicted molar refractivity (Wildman–Crippen MR) is 65.9 cm³/mol. The van der Waals surface area contributed by atoms with Crippen LogP contribution in [0.2, 0.25) is 0 Å². The summed E-state index contributed by atoms with van der Waals surface area (Å²) in [5.41, 5.74) is 0.851. The van der Waals surface area contributed by atoms with Crippen molar-refractivity contribution >= 4 is 11.6 Å². The van der Waals surface area contributed by atoms with Crippen LogP contribution in [0.1, 0.15) is 30.6 Å². The van der Waals surface area contributed by atoms with Crippen LogP contribution in [0.4, 0.5) is 4.39 Å². The lowest BCUT2D eigenvalue weighted by molar-refractivity contribution is -0.00181. The van der Waals surface area contributed by atoms with Crippen LogP contribution in [0.3, 0.4) is 0 Å². The number of nitrogens with one attached hydrogen (secondary N) is 1. The topological polar surface area (TPSA) is 50.7 Å². The molecule has 1 N–H and O–H groups in total. The fraction of sp³-hybridized carbons (Fsp3) is 0.385. The highest BCUT2D eigenvalue weighted by molar-refractivity contribution is 5.94. The number of carbonyl (C=O) groups excluding carboxylic acids is 1. The number of rotatable bonds is 3. The predicted octanol–water partition coefficient (Wildman–Crippen LogP) is 2.11. The van der Waals surface area contributed by atoms with Crippen molar-refractivity contribution in [2.45, 2.75) is 25.9 Å². The quantitative estimate of drug-likeness (QED) is 0.893. The van der Waals surface area contributed by atoms with Crippen molar-refractivity contribution in [2.24, 2.45) is 5.16 Å². The standard InChI is InChI=1S/C13H15FN2O2/c1-9-7-13(2,18-16-9)8-15-12(17)10-3-5-11(14)6-4-10/h3-6H,7-8H2,1-2H3,(H,15,17)/t13-/m0/s1. The molecule has 0 spiro atoms. The summed E-state index contributed by atoms with van der Waals surface area (Å²) in [6.07, 6.45) is 0.691. The fourth-order valence-electron chi connectivity index (χ4n) is 1.86. The first-order chi connectivity index (χ1) is 8.48. The smallest absolute Gasteiger partial charge is 0.251 e. The number of benzene rings is 1. The molecular formula is C13H15FN2O2. The van der Waals surface area contributed by atoms with Gasteiger partial charge in [-0.05, 0) is 38.1 Å². The monoisotopic (exact) mass is 250 g/mol. The Morgan fingerprint density at radius 3 is 2.72 bits per heavy atom. The van der Waals surface area contributed by atoms with Crippen molar-refractivity contribution in [3.8, 4) is 0 Å². The number of nitrogens with zero attached hydrogens (tertiary/aromatic N) is 1. The van der Waals surface area contributed by atoms with E-state index in [0.717, 1.165) is 5.71 Å². The fourth-order valence-corrected chi connectivity index (χ4v) is 1.86. The maximum Gasteiger partial charge on any atom is 0.251 e. The maximum absolute atomic E-state index is 12.7. The third kappa shape index (κ3) is 2.85. The number of hydrogen-bond acceptors (Lipinski definition) is 3. The van der Waals surface area contributed by atoms with Gasteiger partial charge >= 0.3 is 0 Å². The van der Waals surface area contributed by atoms with Crippen LogP contribution in [0.5, 0.6) is 0 Å². The van der Waals surface area contributed by atoms with Crippen LogP contribution in [0, 0.1) is 5.82 Å². The van der Waals surface area contributed by atoms with Gasteiger partial charge in [0, 0.05) is 12.0 Å². The van der Waals surface area contributed by atoms with Crippen molar-refractivity contribution in [3.63, 3.8) is 0 Å². The number of carbonyl (C=O) groups is 1. The first-order valence-electron chi connectivity index (χ1n) is 5.74. The van der Waals surface area contributed by atoms with E-state index in [4.69, 9.17) is 4.84 Å². The zero-order chi connectivity index (χ0) is 13.2. The Bertz CT molecular complexity index is 484. The van der Waals surface area contributed by atoms with E-state index in [9.17, 15) is 9.18 Å². The molecule has 0 radical (unpaired) electrons. The maximum atomic E-state index is 12.7. The molecule has 2 rings (SSSR count). The molecule has 1 aliphatic heterocycles. The minimum Gasteiger partial charge on any atom is -0.387 e. The molecule has 0 saturated carbocycles. The van der Waals surface area contributed by atoms with Gasteiger partial charge in [-0.25, -0.2) is 4.39 Å². The van der Waals surface area contributed by atoms with Crippen LogP contribution < -0.4 is 5.32 Å². The average Bonchev–Trinajstić information content (AvgIpc) is 2.68. The molecule has 1 heterocycles. The molecule has 1 aromatic rings. The van der Waals surface area contributed by atoms with E-state index in [1.165, 1.54) is 24.3 Å². The van der Waals surface area contributed by atoms with Crippen molar-refractivity contribution < 1.29 is 14.0 Å². The van der Waals surface area contributed by atoms with Crippen LogP contribution in [-0.4, -0.2) is 23.8 Å². The van der Waals surface area contributed by atoms with Gasteiger partial charge in [0.25, 0.3) is 5.91 Å². The Morgan fingerprint density at radius 2 is 2.17 bits per heavy atom. The summed E-state index contributed by atoms with van der Waals surface area (Å²) in [6, 6.07) is 5.42. The average molecular weight is 250 g/mol. The van der Waals surface area contributed by atoms with Gasteiger partial charge in [-0.1, -0.05) is 5.16 Å². The second kappa shape index (κ2) is 4.76. The Hall–Kier alpha value is -1.91. The summed E-state index contributed by atoms with van der Waals surface area (Å²) in [7, 11) is 0. The van der Waals surface area contributed by atoms with Gasteiger partial charge in [0.2, 0.25) is 0 Å². The number of hydrogen-bond donors (Lipinski definition) is 1. The van der Waals surface area contributed by atoms with E-state index in [-0.39, 0.29) is 11.7 Å². The van der Waals surface area contributed by atoms with E-state index < -0.39 is 5.60 Å². The lowest BCUT2D eigenvalue weighted by Crippen LogP contribution is -2.40. The minimum atomic E-state index is -0.486. The van der Waals surface area contributed by atoms with E-state index in [1.54, 1.807) is 0 Å². The highest BCUT2D eigenvalue weighted by Crippen LogP contribution is 2.22. The van der Waals surface area contributed by atoms with Gasteiger partial charge in [0.15, 0.2) is 5.60 Å². The molecule has 5 heteroatoms. The first kappa shape index (κ1) is 12.5. The van der Waals surface area contributed by atoms with E-state index in [0.29, 0.717) is 18.5 Å². The molecule has 0 aromatic heterocycles. The third-order valence-corrected chi connectivity index (χ3v) is 2.78. The van der Waals surface area contributed by atoms with E-state index >= 15 is 0 Å². The van der Waals surface area contributed by atoms with Gasteiger partial charge in [-0.3, -0.25) is 4.79 Å². The van der Waals surface area contributed by atoms with Gasteiger partial charge in [0.05, 0.1) is 12.3 Å². The molecule has 0 bridgehead atoms. The second-order valence-corrected chi connectivity index (χ2v) is 4.73. The molecule has 0 unspecified atom stereocenters. The highest BCUT2D eigenvalue weighted by atomic mass is 19.1. The molecule has 0 fully saturated rings. The largest absolute Gasteiger partial charge is 0.387 e. The lowest BCUT2D eigenvalue weighted by atomic mass is 10.0. The molecule has 4 nitrogen and oxygen atoms in total. The Labute approximate surface area is 105 Å². The first-order valence-corrected chi connectivity index (χ1v) is 5.74. The van der Waals surface area contributed by atoms with Crippen molar-refractivity contribution in [2.75, 3.05) is 6.54 Å². The van der Waals surface area contributed by atoms with Gasteiger partial charge in [-0.2, -0.15) is 0 Å². The molecular weight excluding hydrogens is 235 g/mol. The van der Waals surface area contributed by atoms with Crippen LogP contribution in [0.15, 0.2) is 29.4 Å². The Balaban J connectivity index is 1.91. The molecule has 1 atom stereocenters.